The fourth-order valence-electron chi connectivity index (χ4n) is 2.22. The molecule has 3 rings (SSSR count). The summed E-state index contributed by atoms with van der Waals surface area (Å²) >= 11 is 1.51. The topological polar surface area (TPSA) is 51.2 Å². The summed E-state index contributed by atoms with van der Waals surface area (Å²) in [6.45, 7) is 4.71. The molecule has 0 radical (unpaired) electrons. The molecule has 0 atom stereocenters. The van der Waals surface area contributed by atoms with E-state index < -0.39 is 0 Å². The molecular formula is C20H20N2O2S. The van der Waals surface area contributed by atoms with Gasteiger partial charge in [-0.1, -0.05) is 44.2 Å². The van der Waals surface area contributed by atoms with Gasteiger partial charge in [0.05, 0.1) is 0 Å². The largest absolute Gasteiger partial charge is 0.489 e. The van der Waals surface area contributed by atoms with Crippen molar-refractivity contribution in [3.8, 4) is 5.75 Å². The number of benzene rings is 2. The number of aromatic nitrogens is 1. The van der Waals surface area contributed by atoms with Crippen molar-refractivity contribution < 1.29 is 9.53 Å². The summed E-state index contributed by atoms with van der Waals surface area (Å²) in [5.74, 6) is 0.972. The zero-order chi connectivity index (χ0) is 17.6. The molecule has 3 aromatic rings. The van der Waals surface area contributed by atoms with Gasteiger partial charge in [-0.15, -0.1) is 11.3 Å². The molecule has 0 bridgehead atoms. The second-order valence-corrected chi connectivity index (χ2v) is 7.04. The van der Waals surface area contributed by atoms with Crippen molar-refractivity contribution in [3.63, 3.8) is 0 Å². The van der Waals surface area contributed by atoms with Crippen LogP contribution in [0.25, 0.3) is 0 Å². The maximum atomic E-state index is 12.3. The number of carbonyl (C=O) groups excluding carboxylic acids is 1. The molecule has 5 heteroatoms. The van der Waals surface area contributed by atoms with E-state index in [4.69, 9.17) is 4.74 Å². The smallest absolute Gasteiger partial charge is 0.257 e. The summed E-state index contributed by atoms with van der Waals surface area (Å²) in [6, 6.07) is 17.1. The first kappa shape index (κ1) is 17.2. The number of rotatable bonds is 6. The van der Waals surface area contributed by atoms with Crippen molar-refractivity contribution in [1.82, 2.24) is 4.98 Å². The number of ether oxygens (including phenoxy) is 1. The van der Waals surface area contributed by atoms with E-state index in [9.17, 15) is 4.79 Å². The molecule has 1 aromatic heterocycles. The van der Waals surface area contributed by atoms with Crippen molar-refractivity contribution in [2.75, 3.05) is 5.32 Å². The Hall–Kier alpha value is -2.66. The highest BCUT2D eigenvalue weighted by atomic mass is 32.1. The molecule has 128 valence electrons. The van der Waals surface area contributed by atoms with E-state index in [1.165, 1.54) is 11.3 Å². The summed E-state index contributed by atoms with van der Waals surface area (Å²) in [7, 11) is 0. The third-order valence-electron chi connectivity index (χ3n) is 3.68. The van der Waals surface area contributed by atoms with Crippen LogP contribution in [0.4, 0.5) is 5.13 Å². The van der Waals surface area contributed by atoms with Gasteiger partial charge in [-0.25, -0.2) is 4.98 Å². The van der Waals surface area contributed by atoms with Gasteiger partial charge in [0.25, 0.3) is 5.91 Å². The lowest BCUT2D eigenvalue weighted by Gasteiger charge is -2.07. The van der Waals surface area contributed by atoms with Crippen LogP contribution in [-0.4, -0.2) is 10.9 Å². The van der Waals surface area contributed by atoms with Crippen LogP contribution < -0.4 is 10.1 Å². The lowest BCUT2D eigenvalue weighted by atomic mass is 10.2. The lowest BCUT2D eigenvalue weighted by molar-refractivity contribution is 0.102. The first-order valence-electron chi connectivity index (χ1n) is 8.15. The van der Waals surface area contributed by atoms with E-state index in [1.807, 2.05) is 36.5 Å². The van der Waals surface area contributed by atoms with Crippen LogP contribution >= 0.6 is 11.3 Å². The third kappa shape index (κ3) is 4.67. The second-order valence-electron chi connectivity index (χ2n) is 5.98. The van der Waals surface area contributed by atoms with E-state index >= 15 is 0 Å². The fraction of sp³-hybridized carbons (Fsp3) is 0.200. The monoisotopic (exact) mass is 352 g/mol. The van der Waals surface area contributed by atoms with E-state index in [0.717, 1.165) is 16.2 Å². The standard InChI is InChI=1S/C20H20N2O2S/c1-14(2)18-12-21-20(25-18)22-19(23)16-8-10-17(11-9-16)24-13-15-6-4-3-5-7-15/h3-12,14H,13H2,1-2H3,(H,21,22,23). The summed E-state index contributed by atoms with van der Waals surface area (Å²) in [5, 5.41) is 3.46. The number of nitrogens with one attached hydrogen (secondary N) is 1. The normalized spacial score (nSPS) is 10.7. The van der Waals surface area contributed by atoms with E-state index in [-0.39, 0.29) is 5.91 Å². The van der Waals surface area contributed by atoms with Crippen molar-refractivity contribution in [2.24, 2.45) is 0 Å². The van der Waals surface area contributed by atoms with Crippen LogP contribution in [-0.2, 0) is 6.61 Å². The Morgan fingerprint density at radius 1 is 1.12 bits per heavy atom. The molecule has 0 saturated heterocycles. The van der Waals surface area contributed by atoms with Crippen LogP contribution in [0, 0.1) is 0 Å². The van der Waals surface area contributed by atoms with Crippen LogP contribution in [0.15, 0.2) is 60.8 Å². The predicted octanol–water partition coefficient (Wildman–Crippen LogP) is 5.10. The van der Waals surface area contributed by atoms with Crippen molar-refractivity contribution in [3.05, 3.63) is 76.8 Å². The molecule has 0 aliphatic heterocycles. The predicted molar refractivity (Wildman–Crippen MR) is 101 cm³/mol. The molecule has 4 nitrogen and oxygen atoms in total. The fourth-order valence-corrected chi connectivity index (χ4v) is 3.04. The van der Waals surface area contributed by atoms with Crippen LogP contribution in [0.5, 0.6) is 5.75 Å². The quantitative estimate of drug-likeness (QED) is 0.671. The maximum Gasteiger partial charge on any atom is 0.257 e. The molecule has 1 N–H and O–H groups in total. The van der Waals surface area contributed by atoms with Crippen LogP contribution in [0.1, 0.15) is 40.6 Å². The molecule has 0 spiro atoms. The van der Waals surface area contributed by atoms with Gasteiger partial charge >= 0.3 is 0 Å². The molecule has 0 saturated carbocycles. The molecule has 0 unspecified atom stereocenters. The van der Waals surface area contributed by atoms with Crippen molar-refractivity contribution in [2.45, 2.75) is 26.4 Å². The number of thiazole rings is 1. The average Bonchev–Trinajstić information content (AvgIpc) is 3.10. The van der Waals surface area contributed by atoms with Crippen molar-refractivity contribution >= 4 is 22.4 Å². The lowest BCUT2D eigenvalue weighted by Crippen LogP contribution is -2.11. The van der Waals surface area contributed by atoms with Gasteiger partial charge in [0.15, 0.2) is 5.13 Å². The highest BCUT2D eigenvalue weighted by molar-refractivity contribution is 7.15. The first-order chi connectivity index (χ1) is 12.1. The SMILES string of the molecule is CC(C)c1cnc(NC(=O)c2ccc(OCc3ccccc3)cc2)s1. The molecular weight excluding hydrogens is 332 g/mol. The zero-order valence-electron chi connectivity index (χ0n) is 14.2. The molecule has 0 fully saturated rings. The van der Waals surface area contributed by atoms with Gasteiger partial charge in [-0.3, -0.25) is 10.1 Å². The first-order valence-corrected chi connectivity index (χ1v) is 8.97. The van der Waals surface area contributed by atoms with Gasteiger partial charge < -0.3 is 4.74 Å². The third-order valence-corrected chi connectivity index (χ3v) is 4.89. The molecule has 1 heterocycles. The van der Waals surface area contributed by atoms with Crippen molar-refractivity contribution in [1.29, 1.82) is 0 Å². The number of carbonyl (C=O) groups is 1. The number of amides is 1. The van der Waals surface area contributed by atoms with E-state index in [0.29, 0.717) is 23.2 Å². The minimum Gasteiger partial charge on any atom is -0.489 e. The van der Waals surface area contributed by atoms with Crippen LogP contribution in [0.2, 0.25) is 0 Å². The van der Waals surface area contributed by atoms with E-state index in [1.54, 1.807) is 24.3 Å². The minimum absolute atomic E-state index is 0.167. The summed E-state index contributed by atoms with van der Waals surface area (Å²) < 4.78 is 5.73. The van der Waals surface area contributed by atoms with Gasteiger partial charge in [-0.2, -0.15) is 0 Å². The van der Waals surface area contributed by atoms with Gasteiger partial charge in [-0.05, 0) is 35.7 Å². The average molecular weight is 352 g/mol. The minimum atomic E-state index is -0.167. The van der Waals surface area contributed by atoms with Gasteiger partial charge in [0.2, 0.25) is 0 Å². The zero-order valence-corrected chi connectivity index (χ0v) is 15.0. The Morgan fingerprint density at radius 3 is 2.48 bits per heavy atom. The number of nitrogens with zero attached hydrogens (tertiary/aromatic N) is 1. The molecule has 25 heavy (non-hydrogen) atoms. The molecule has 1 amide bonds. The Kier molecular flexibility index (Phi) is 5.46. The summed E-state index contributed by atoms with van der Waals surface area (Å²) in [4.78, 5) is 17.7. The second kappa shape index (κ2) is 7.94. The Balaban J connectivity index is 1.58. The Bertz CT molecular complexity index is 826. The number of hydrogen-bond acceptors (Lipinski definition) is 4. The van der Waals surface area contributed by atoms with Gasteiger partial charge in [0, 0.05) is 16.6 Å². The maximum absolute atomic E-state index is 12.3. The summed E-state index contributed by atoms with van der Waals surface area (Å²) in [6.07, 6.45) is 1.81. The molecule has 0 aliphatic rings. The molecule has 0 aliphatic carbocycles. The number of anilines is 1. The van der Waals surface area contributed by atoms with E-state index in [2.05, 4.69) is 24.1 Å². The summed E-state index contributed by atoms with van der Waals surface area (Å²) in [5.41, 5.74) is 1.68. The highest BCUT2D eigenvalue weighted by Crippen LogP contribution is 2.25. The number of hydrogen-bond donors (Lipinski definition) is 1. The van der Waals surface area contributed by atoms with Crippen LogP contribution in [0.3, 0.4) is 0 Å². The Morgan fingerprint density at radius 2 is 1.84 bits per heavy atom. The highest BCUT2D eigenvalue weighted by Gasteiger charge is 2.10. The molecule has 2 aromatic carbocycles. The van der Waals surface area contributed by atoms with Gasteiger partial charge in [0.1, 0.15) is 12.4 Å². The Labute approximate surface area is 151 Å².